The van der Waals surface area contributed by atoms with Crippen molar-refractivity contribution in [1.82, 2.24) is 4.90 Å². The number of likely N-dealkylation sites (tertiary alicyclic amines) is 1. The van der Waals surface area contributed by atoms with Crippen LogP contribution < -0.4 is 0 Å². The maximum atomic E-state index is 11.5. The third-order valence-corrected chi connectivity index (χ3v) is 4.01. The van der Waals surface area contributed by atoms with Gasteiger partial charge < -0.3 is 4.74 Å². The van der Waals surface area contributed by atoms with Crippen molar-refractivity contribution in [2.45, 2.75) is 13.5 Å². The van der Waals surface area contributed by atoms with Crippen LogP contribution in [0.3, 0.4) is 0 Å². The van der Waals surface area contributed by atoms with Gasteiger partial charge in [0.05, 0.1) is 13.0 Å². The summed E-state index contributed by atoms with van der Waals surface area (Å²) in [5.74, 6) is 0.374. The molecule has 0 N–H and O–H groups in total. The van der Waals surface area contributed by atoms with Crippen molar-refractivity contribution >= 4 is 17.3 Å². The van der Waals surface area contributed by atoms with Crippen LogP contribution in [0.25, 0.3) is 0 Å². The molecule has 3 nitrogen and oxygen atoms in total. The summed E-state index contributed by atoms with van der Waals surface area (Å²) in [7, 11) is 1.47. The monoisotopic (exact) mass is 239 g/mol. The molecular weight excluding hydrogens is 222 g/mol. The number of carbonyl (C=O) groups is 1. The molecular formula is C12H17NO2S. The van der Waals surface area contributed by atoms with Gasteiger partial charge in [-0.05, 0) is 17.4 Å². The van der Waals surface area contributed by atoms with Crippen molar-refractivity contribution in [2.75, 3.05) is 20.2 Å². The Kier molecular flexibility index (Phi) is 3.61. The Morgan fingerprint density at radius 2 is 2.44 bits per heavy atom. The predicted octanol–water partition coefficient (Wildman–Crippen LogP) is 1.99. The van der Waals surface area contributed by atoms with E-state index in [9.17, 15) is 4.79 Å². The molecule has 0 bridgehead atoms. The molecule has 0 amide bonds. The van der Waals surface area contributed by atoms with Crippen molar-refractivity contribution in [3.63, 3.8) is 0 Å². The number of hydrogen-bond donors (Lipinski definition) is 0. The number of thiophene rings is 1. The van der Waals surface area contributed by atoms with E-state index in [1.165, 1.54) is 12.0 Å². The normalized spacial score (nSPS) is 25.9. The Morgan fingerprint density at radius 3 is 3.06 bits per heavy atom. The highest BCUT2D eigenvalue weighted by Crippen LogP contribution is 2.26. The van der Waals surface area contributed by atoms with Crippen LogP contribution >= 0.6 is 11.3 Å². The summed E-state index contributed by atoms with van der Waals surface area (Å²) in [6.45, 7) is 4.88. The molecule has 1 aliphatic rings. The standard InChI is InChI=1S/C12H17NO2S/c1-9-6-13(7-10-4-3-5-16-10)8-11(9)12(14)15-2/h3-5,9,11H,6-8H2,1-2H3. The molecule has 16 heavy (non-hydrogen) atoms. The van der Waals surface area contributed by atoms with Crippen LogP contribution in [0, 0.1) is 11.8 Å². The summed E-state index contributed by atoms with van der Waals surface area (Å²) in [6.07, 6.45) is 0. The van der Waals surface area contributed by atoms with Crippen LogP contribution in [-0.4, -0.2) is 31.1 Å². The topological polar surface area (TPSA) is 29.5 Å². The average Bonchev–Trinajstić information content (AvgIpc) is 2.88. The molecule has 0 aromatic carbocycles. The number of ether oxygens (including phenoxy) is 1. The van der Waals surface area contributed by atoms with Crippen molar-refractivity contribution in [2.24, 2.45) is 11.8 Å². The Balaban J connectivity index is 1.93. The van der Waals surface area contributed by atoms with E-state index in [-0.39, 0.29) is 11.9 Å². The molecule has 4 heteroatoms. The largest absolute Gasteiger partial charge is 0.469 e. The van der Waals surface area contributed by atoms with Gasteiger partial charge in [0.25, 0.3) is 0 Å². The van der Waals surface area contributed by atoms with Crippen molar-refractivity contribution < 1.29 is 9.53 Å². The molecule has 1 fully saturated rings. The molecule has 1 saturated heterocycles. The van der Waals surface area contributed by atoms with E-state index in [1.54, 1.807) is 11.3 Å². The zero-order valence-electron chi connectivity index (χ0n) is 9.68. The van der Waals surface area contributed by atoms with Gasteiger partial charge in [-0.2, -0.15) is 0 Å². The molecule has 0 radical (unpaired) electrons. The van der Waals surface area contributed by atoms with Crippen LogP contribution in [0.5, 0.6) is 0 Å². The van der Waals surface area contributed by atoms with E-state index in [4.69, 9.17) is 4.74 Å². The lowest BCUT2D eigenvalue weighted by Crippen LogP contribution is -2.24. The number of methoxy groups -OCH3 is 1. The molecule has 1 aromatic rings. The summed E-state index contributed by atoms with van der Waals surface area (Å²) in [5, 5.41) is 2.09. The first-order valence-electron chi connectivity index (χ1n) is 5.53. The number of esters is 1. The molecule has 0 aliphatic carbocycles. The second kappa shape index (κ2) is 4.97. The average molecular weight is 239 g/mol. The van der Waals surface area contributed by atoms with Gasteiger partial charge in [-0.1, -0.05) is 13.0 Å². The summed E-state index contributed by atoms with van der Waals surface area (Å²) >= 11 is 1.77. The van der Waals surface area contributed by atoms with E-state index >= 15 is 0 Å². The highest BCUT2D eigenvalue weighted by atomic mass is 32.1. The Bertz CT molecular complexity index is 350. The molecule has 2 rings (SSSR count). The first-order chi connectivity index (χ1) is 7.70. The summed E-state index contributed by atoms with van der Waals surface area (Å²) < 4.78 is 4.83. The van der Waals surface area contributed by atoms with Crippen LogP contribution in [0.1, 0.15) is 11.8 Å². The van der Waals surface area contributed by atoms with Crippen molar-refractivity contribution in [1.29, 1.82) is 0 Å². The Hall–Kier alpha value is -0.870. The number of hydrogen-bond acceptors (Lipinski definition) is 4. The fourth-order valence-corrected chi connectivity index (χ4v) is 3.02. The Morgan fingerprint density at radius 1 is 1.62 bits per heavy atom. The first-order valence-corrected chi connectivity index (χ1v) is 6.41. The van der Waals surface area contributed by atoms with E-state index in [0.29, 0.717) is 5.92 Å². The number of carbonyl (C=O) groups excluding carboxylic acids is 1. The fraction of sp³-hybridized carbons (Fsp3) is 0.583. The van der Waals surface area contributed by atoms with Crippen molar-refractivity contribution in [3.05, 3.63) is 22.4 Å². The molecule has 2 atom stereocenters. The minimum atomic E-state index is -0.0684. The fourth-order valence-electron chi connectivity index (χ4n) is 2.28. The number of nitrogens with zero attached hydrogens (tertiary/aromatic N) is 1. The lowest BCUT2D eigenvalue weighted by molar-refractivity contribution is -0.146. The molecule has 1 aromatic heterocycles. The van der Waals surface area contributed by atoms with E-state index in [0.717, 1.165) is 19.6 Å². The molecule has 0 spiro atoms. The van der Waals surface area contributed by atoms with Crippen LogP contribution in [-0.2, 0) is 16.1 Å². The van der Waals surface area contributed by atoms with Gasteiger partial charge in [0, 0.05) is 24.5 Å². The smallest absolute Gasteiger partial charge is 0.310 e. The lowest BCUT2D eigenvalue weighted by Gasteiger charge is -2.13. The number of rotatable bonds is 3. The van der Waals surface area contributed by atoms with Gasteiger partial charge in [-0.3, -0.25) is 9.69 Å². The van der Waals surface area contributed by atoms with E-state index in [2.05, 4.69) is 29.3 Å². The second-order valence-corrected chi connectivity index (χ2v) is 5.41. The van der Waals surface area contributed by atoms with Gasteiger partial charge in [0.1, 0.15) is 0 Å². The minimum absolute atomic E-state index is 0.0463. The predicted molar refractivity (Wildman–Crippen MR) is 64.3 cm³/mol. The summed E-state index contributed by atoms with van der Waals surface area (Å²) in [5.41, 5.74) is 0. The first kappa shape index (κ1) is 11.6. The highest BCUT2D eigenvalue weighted by molar-refractivity contribution is 7.09. The van der Waals surface area contributed by atoms with E-state index in [1.807, 2.05) is 0 Å². The molecule has 0 saturated carbocycles. The zero-order valence-corrected chi connectivity index (χ0v) is 10.5. The van der Waals surface area contributed by atoms with Gasteiger partial charge in [-0.25, -0.2) is 0 Å². The van der Waals surface area contributed by atoms with E-state index < -0.39 is 0 Å². The van der Waals surface area contributed by atoms with Gasteiger partial charge in [0.15, 0.2) is 0 Å². The van der Waals surface area contributed by atoms with Crippen LogP contribution in [0.2, 0.25) is 0 Å². The third-order valence-electron chi connectivity index (χ3n) is 3.15. The lowest BCUT2D eigenvalue weighted by atomic mass is 9.99. The minimum Gasteiger partial charge on any atom is -0.469 e. The zero-order chi connectivity index (χ0) is 11.5. The quantitative estimate of drug-likeness (QED) is 0.755. The molecule has 2 heterocycles. The van der Waals surface area contributed by atoms with Gasteiger partial charge in [-0.15, -0.1) is 11.3 Å². The molecule has 88 valence electrons. The van der Waals surface area contributed by atoms with Crippen LogP contribution in [0.15, 0.2) is 17.5 Å². The second-order valence-electron chi connectivity index (χ2n) is 4.38. The molecule has 1 aliphatic heterocycles. The molecule has 2 unspecified atom stereocenters. The van der Waals surface area contributed by atoms with Gasteiger partial charge >= 0.3 is 5.97 Å². The third kappa shape index (κ3) is 2.44. The maximum Gasteiger partial charge on any atom is 0.310 e. The SMILES string of the molecule is COC(=O)C1CN(Cc2cccs2)CC1C. The highest BCUT2D eigenvalue weighted by Gasteiger charge is 2.35. The Labute approximate surface area is 100 Å². The summed E-state index contributed by atoms with van der Waals surface area (Å²) in [6, 6.07) is 4.21. The van der Waals surface area contributed by atoms with Crippen molar-refractivity contribution in [3.8, 4) is 0 Å². The van der Waals surface area contributed by atoms with Gasteiger partial charge in [0.2, 0.25) is 0 Å². The maximum absolute atomic E-state index is 11.5. The van der Waals surface area contributed by atoms with Crippen LogP contribution in [0.4, 0.5) is 0 Å². The summed E-state index contributed by atoms with van der Waals surface area (Å²) in [4.78, 5) is 15.2.